The Morgan fingerprint density at radius 2 is 1.85 bits per heavy atom. The van der Waals surface area contributed by atoms with Crippen molar-refractivity contribution < 1.29 is 14.5 Å². The fraction of sp³-hybridized carbons (Fsp3) is 0.417. The van der Waals surface area contributed by atoms with Gasteiger partial charge in [-0.05, 0) is 5.92 Å². The maximum Gasteiger partial charge on any atom is 0.328 e. The lowest BCUT2D eigenvalue weighted by Crippen LogP contribution is -2.35. The molecule has 0 bridgehead atoms. The van der Waals surface area contributed by atoms with Crippen LogP contribution in [0.3, 0.4) is 0 Å². The fourth-order valence-electron chi connectivity index (χ4n) is 1.58. The Labute approximate surface area is 126 Å². The van der Waals surface area contributed by atoms with Gasteiger partial charge < -0.3 is 10.1 Å². The molecule has 110 valence electrons. The molecule has 1 N–H and O–H groups in total. The molecule has 1 rings (SSSR count). The molecule has 0 fully saturated rings. The summed E-state index contributed by atoms with van der Waals surface area (Å²) < 4.78 is 4.69. The van der Waals surface area contributed by atoms with E-state index in [1.54, 1.807) is 0 Å². The van der Waals surface area contributed by atoms with Gasteiger partial charge in [0, 0.05) is 12.1 Å². The quantitative estimate of drug-likeness (QED) is 0.510. The molecule has 0 saturated carbocycles. The number of nitrogens with one attached hydrogen (secondary N) is 1. The van der Waals surface area contributed by atoms with E-state index in [0.29, 0.717) is 0 Å². The average Bonchev–Trinajstić information content (AvgIpc) is 2.36. The van der Waals surface area contributed by atoms with Crippen LogP contribution in [0.25, 0.3) is 0 Å². The minimum atomic E-state index is -0.656. The number of ether oxygens (including phenoxy) is 1. The first-order valence-electron chi connectivity index (χ1n) is 5.75. The topological polar surface area (TPSA) is 81.5 Å². The van der Waals surface area contributed by atoms with Crippen molar-refractivity contribution in [1.82, 2.24) is 0 Å². The highest BCUT2D eigenvalue weighted by atomic mass is 35.5. The van der Waals surface area contributed by atoms with Gasteiger partial charge in [0.1, 0.15) is 6.04 Å². The number of anilines is 1. The zero-order valence-electron chi connectivity index (χ0n) is 11.1. The van der Waals surface area contributed by atoms with Gasteiger partial charge in [-0.15, -0.1) is 0 Å². The third kappa shape index (κ3) is 3.74. The van der Waals surface area contributed by atoms with E-state index in [-0.39, 0.29) is 27.3 Å². The fourth-order valence-corrected chi connectivity index (χ4v) is 2.17. The van der Waals surface area contributed by atoms with E-state index in [4.69, 9.17) is 27.9 Å². The van der Waals surface area contributed by atoms with Crippen LogP contribution in [0.2, 0.25) is 10.0 Å². The summed E-state index contributed by atoms with van der Waals surface area (Å²) in [5.74, 6) is -0.546. The molecule has 0 aliphatic heterocycles. The average molecular weight is 321 g/mol. The SMILES string of the molecule is COC(=O)C(Nc1c(Cl)cc([N+](=O)[O-])cc1Cl)C(C)C. The molecule has 1 aromatic rings. The number of esters is 1. The van der Waals surface area contributed by atoms with Gasteiger partial charge in [0.05, 0.1) is 27.8 Å². The normalized spacial score (nSPS) is 12.1. The van der Waals surface area contributed by atoms with E-state index < -0.39 is 16.9 Å². The summed E-state index contributed by atoms with van der Waals surface area (Å²) in [6, 6.07) is 1.69. The summed E-state index contributed by atoms with van der Waals surface area (Å²) in [6.45, 7) is 3.64. The molecule has 1 aromatic carbocycles. The number of halogens is 2. The number of carbonyl (C=O) groups is 1. The summed E-state index contributed by atoms with van der Waals surface area (Å²) in [7, 11) is 1.28. The van der Waals surface area contributed by atoms with E-state index in [2.05, 4.69) is 5.32 Å². The summed E-state index contributed by atoms with van der Waals surface area (Å²) in [6.07, 6.45) is 0. The minimum absolute atomic E-state index is 0.0683. The lowest BCUT2D eigenvalue weighted by atomic mass is 10.0. The molecule has 6 nitrogen and oxygen atoms in total. The number of nitro groups is 1. The maximum atomic E-state index is 11.7. The Hall–Kier alpha value is -1.53. The molecule has 20 heavy (non-hydrogen) atoms. The molecular formula is C12H14Cl2N2O4. The predicted molar refractivity (Wildman–Crippen MR) is 77.4 cm³/mol. The van der Waals surface area contributed by atoms with E-state index in [1.165, 1.54) is 19.2 Å². The summed E-state index contributed by atoms with van der Waals surface area (Å²) >= 11 is 11.9. The molecular weight excluding hydrogens is 307 g/mol. The van der Waals surface area contributed by atoms with E-state index in [0.717, 1.165) is 0 Å². The van der Waals surface area contributed by atoms with Crippen LogP contribution in [-0.4, -0.2) is 24.0 Å². The lowest BCUT2D eigenvalue weighted by molar-refractivity contribution is -0.384. The molecule has 0 heterocycles. The van der Waals surface area contributed by atoms with Crippen LogP contribution in [0.15, 0.2) is 12.1 Å². The van der Waals surface area contributed by atoms with Crippen molar-refractivity contribution in [3.8, 4) is 0 Å². The highest BCUT2D eigenvalue weighted by Crippen LogP contribution is 2.35. The van der Waals surface area contributed by atoms with Gasteiger partial charge in [-0.1, -0.05) is 37.0 Å². The van der Waals surface area contributed by atoms with Crippen molar-refractivity contribution in [2.45, 2.75) is 19.9 Å². The molecule has 0 aliphatic rings. The van der Waals surface area contributed by atoms with Gasteiger partial charge >= 0.3 is 5.97 Å². The van der Waals surface area contributed by atoms with Gasteiger partial charge in [-0.25, -0.2) is 4.79 Å². The molecule has 1 atom stereocenters. The molecule has 0 aromatic heterocycles. The molecule has 1 unspecified atom stereocenters. The number of carbonyl (C=O) groups excluding carboxylic acids is 1. The number of rotatable bonds is 5. The maximum absolute atomic E-state index is 11.7. The van der Waals surface area contributed by atoms with Gasteiger partial charge in [0.15, 0.2) is 0 Å². The molecule has 0 saturated heterocycles. The number of hydrogen-bond donors (Lipinski definition) is 1. The zero-order valence-corrected chi connectivity index (χ0v) is 12.7. The molecule has 0 aliphatic carbocycles. The number of nitrogens with zero attached hydrogens (tertiary/aromatic N) is 1. The highest BCUT2D eigenvalue weighted by molar-refractivity contribution is 6.39. The number of nitro benzene ring substituents is 1. The Balaban J connectivity index is 3.14. The predicted octanol–water partition coefficient (Wildman–Crippen LogP) is 3.51. The standard InChI is InChI=1S/C12H14Cl2N2O4/c1-6(2)10(12(17)20-3)15-11-8(13)4-7(16(18)19)5-9(11)14/h4-6,10,15H,1-3H3. The van der Waals surface area contributed by atoms with Gasteiger partial charge in [0.25, 0.3) is 5.69 Å². The number of methoxy groups -OCH3 is 1. The minimum Gasteiger partial charge on any atom is -0.467 e. The van der Waals surface area contributed by atoms with Crippen LogP contribution < -0.4 is 5.32 Å². The second-order valence-electron chi connectivity index (χ2n) is 4.43. The number of non-ortho nitro benzene ring substituents is 1. The summed E-state index contributed by atoms with van der Waals surface area (Å²) in [5.41, 5.74) is 0.0488. The summed E-state index contributed by atoms with van der Waals surface area (Å²) in [5, 5.41) is 13.7. The van der Waals surface area contributed by atoms with Crippen LogP contribution in [-0.2, 0) is 9.53 Å². The Bertz CT molecular complexity index is 511. The first kappa shape index (κ1) is 16.5. The smallest absolute Gasteiger partial charge is 0.328 e. The number of benzene rings is 1. The zero-order chi connectivity index (χ0) is 15.4. The molecule has 8 heteroatoms. The summed E-state index contributed by atoms with van der Waals surface area (Å²) in [4.78, 5) is 21.8. The second kappa shape index (κ2) is 6.76. The van der Waals surface area contributed by atoms with Crippen molar-refractivity contribution in [1.29, 1.82) is 0 Å². The van der Waals surface area contributed by atoms with Crippen molar-refractivity contribution in [3.63, 3.8) is 0 Å². The van der Waals surface area contributed by atoms with Crippen LogP contribution in [0.5, 0.6) is 0 Å². The number of hydrogen-bond acceptors (Lipinski definition) is 5. The van der Waals surface area contributed by atoms with Crippen LogP contribution >= 0.6 is 23.2 Å². The van der Waals surface area contributed by atoms with Crippen molar-refractivity contribution in [2.24, 2.45) is 5.92 Å². The van der Waals surface area contributed by atoms with Crippen molar-refractivity contribution in [2.75, 3.05) is 12.4 Å². The first-order valence-corrected chi connectivity index (χ1v) is 6.51. The van der Waals surface area contributed by atoms with Crippen molar-refractivity contribution in [3.05, 3.63) is 32.3 Å². The van der Waals surface area contributed by atoms with E-state index >= 15 is 0 Å². The Kier molecular flexibility index (Phi) is 5.59. The van der Waals surface area contributed by atoms with Gasteiger partial charge in [-0.2, -0.15) is 0 Å². The van der Waals surface area contributed by atoms with E-state index in [9.17, 15) is 14.9 Å². The molecule has 0 spiro atoms. The Morgan fingerprint density at radius 1 is 1.35 bits per heavy atom. The van der Waals surface area contributed by atoms with E-state index in [1.807, 2.05) is 13.8 Å². The monoisotopic (exact) mass is 320 g/mol. The largest absolute Gasteiger partial charge is 0.467 e. The van der Waals surface area contributed by atoms with Gasteiger partial charge in [0.2, 0.25) is 0 Å². The van der Waals surface area contributed by atoms with Crippen LogP contribution in [0.1, 0.15) is 13.8 Å². The second-order valence-corrected chi connectivity index (χ2v) is 5.25. The van der Waals surface area contributed by atoms with Crippen molar-refractivity contribution >= 4 is 40.5 Å². The van der Waals surface area contributed by atoms with Crippen LogP contribution in [0, 0.1) is 16.0 Å². The Morgan fingerprint density at radius 3 is 2.20 bits per heavy atom. The third-order valence-corrected chi connectivity index (χ3v) is 3.26. The highest BCUT2D eigenvalue weighted by Gasteiger charge is 2.25. The third-order valence-electron chi connectivity index (χ3n) is 2.66. The first-order chi connectivity index (χ1) is 9.27. The molecule has 0 radical (unpaired) electrons. The van der Waals surface area contributed by atoms with Gasteiger partial charge in [-0.3, -0.25) is 10.1 Å². The van der Waals surface area contributed by atoms with Crippen LogP contribution in [0.4, 0.5) is 11.4 Å². The lowest BCUT2D eigenvalue weighted by Gasteiger charge is -2.22. The molecule has 0 amide bonds.